The maximum Gasteiger partial charge on any atom is 0.310 e. The molecule has 2 unspecified atom stereocenters. The van der Waals surface area contributed by atoms with Crippen LogP contribution in [-0.4, -0.2) is 42.2 Å². The number of carbonyl (C=O) groups is 1. The minimum Gasteiger partial charge on any atom is -0.469 e. The second kappa shape index (κ2) is 3.84. The van der Waals surface area contributed by atoms with E-state index in [1.54, 1.807) is 0 Å². The van der Waals surface area contributed by atoms with E-state index in [-0.39, 0.29) is 12.5 Å². The van der Waals surface area contributed by atoms with Crippen LogP contribution in [0.15, 0.2) is 0 Å². The average Bonchev–Trinajstić information content (AvgIpc) is 2.81. The lowest BCUT2D eigenvalue weighted by molar-refractivity contribution is -0.149. The molecule has 1 rings (SSSR count). The summed E-state index contributed by atoms with van der Waals surface area (Å²) in [6.45, 7) is 0.743. The SMILES string of the molecule is COC(=O)C(CC(O)O)C1CN1. The summed E-state index contributed by atoms with van der Waals surface area (Å²) in [7, 11) is 1.29. The van der Waals surface area contributed by atoms with Crippen molar-refractivity contribution in [3.8, 4) is 0 Å². The quantitative estimate of drug-likeness (QED) is 0.273. The van der Waals surface area contributed by atoms with Crippen molar-refractivity contribution in [2.24, 2.45) is 5.92 Å². The molecule has 1 saturated heterocycles. The summed E-state index contributed by atoms with van der Waals surface area (Å²) in [5.41, 5.74) is 0. The Balaban J connectivity index is 2.42. The molecule has 12 heavy (non-hydrogen) atoms. The highest BCUT2D eigenvalue weighted by molar-refractivity contribution is 5.73. The van der Waals surface area contributed by atoms with E-state index in [9.17, 15) is 4.79 Å². The van der Waals surface area contributed by atoms with Gasteiger partial charge in [0.25, 0.3) is 0 Å². The van der Waals surface area contributed by atoms with E-state index in [4.69, 9.17) is 10.2 Å². The number of hydrogen-bond acceptors (Lipinski definition) is 5. The standard InChI is InChI=1S/C7H13NO4/c1-12-7(11)4(2-6(9)10)5-3-8-5/h4-6,8-10H,2-3H2,1H3. The Morgan fingerprint density at radius 1 is 1.75 bits per heavy atom. The minimum absolute atomic E-state index is 0.0321. The summed E-state index contributed by atoms with van der Waals surface area (Å²) in [4.78, 5) is 11.0. The molecule has 5 heteroatoms. The van der Waals surface area contributed by atoms with Gasteiger partial charge in [-0.3, -0.25) is 4.79 Å². The topological polar surface area (TPSA) is 88.7 Å². The van der Waals surface area contributed by atoms with E-state index in [0.717, 1.165) is 6.54 Å². The number of rotatable bonds is 4. The van der Waals surface area contributed by atoms with Gasteiger partial charge in [0.2, 0.25) is 0 Å². The first-order chi connectivity index (χ1) is 5.65. The molecule has 0 amide bonds. The van der Waals surface area contributed by atoms with Crippen molar-refractivity contribution in [3.05, 3.63) is 0 Å². The number of esters is 1. The van der Waals surface area contributed by atoms with Crippen molar-refractivity contribution in [1.29, 1.82) is 0 Å². The lowest BCUT2D eigenvalue weighted by atomic mass is 10.0. The minimum atomic E-state index is -1.45. The predicted octanol–water partition coefficient (Wildman–Crippen LogP) is -1.55. The van der Waals surface area contributed by atoms with Crippen LogP contribution in [0.1, 0.15) is 6.42 Å². The third-order valence-electron chi connectivity index (χ3n) is 1.89. The Bertz CT molecular complexity index is 167. The molecule has 3 N–H and O–H groups in total. The van der Waals surface area contributed by atoms with Gasteiger partial charge in [0.05, 0.1) is 13.0 Å². The molecular weight excluding hydrogens is 162 g/mol. The van der Waals surface area contributed by atoms with Gasteiger partial charge in [-0.1, -0.05) is 0 Å². The maximum atomic E-state index is 11.0. The molecule has 0 bridgehead atoms. The van der Waals surface area contributed by atoms with Gasteiger partial charge in [0.15, 0.2) is 6.29 Å². The number of aliphatic hydroxyl groups excluding tert-OH is 1. The number of aliphatic hydroxyl groups is 2. The first-order valence-electron chi connectivity index (χ1n) is 3.82. The number of methoxy groups -OCH3 is 1. The molecule has 0 radical (unpaired) electrons. The molecule has 0 spiro atoms. The summed E-state index contributed by atoms with van der Waals surface area (Å²) in [6.07, 6.45) is -1.42. The van der Waals surface area contributed by atoms with Crippen LogP contribution in [-0.2, 0) is 9.53 Å². The summed E-state index contributed by atoms with van der Waals surface area (Å²) in [6, 6.07) is 0.0549. The van der Waals surface area contributed by atoms with Crippen LogP contribution in [0.3, 0.4) is 0 Å². The highest BCUT2D eigenvalue weighted by Crippen LogP contribution is 2.18. The van der Waals surface area contributed by atoms with Crippen molar-refractivity contribution < 1.29 is 19.7 Å². The Kier molecular flexibility index (Phi) is 3.02. The molecule has 0 aromatic carbocycles. The zero-order chi connectivity index (χ0) is 9.14. The normalized spacial score (nSPS) is 23.8. The smallest absolute Gasteiger partial charge is 0.310 e. The van der Waals surface area contributed by atoms with Crippen LogP contribution in [0.25, 0.3) is 0 Å². The largest absolute Gasteiger partial charge is 0.469 e. The van der Waals surface area contributed by atoms with Gasteiger partial charge in [0.1, 0.15) is 0 Å². The first kappa shape index (κ1) is 9.44. The Morgan fingerprint density at radius 2 is 2.33 bits per heavy atom. The van der Waals surface area contributed by atoms with Crippen LogP contribution in [0.5, 0.6) is 0 Å². The van der Waals surface area contributed by atoms with E-state index in [1.807, 2.05) is 0 Å². The van der Waals surface area contributed by atoms with Crippen LogP contribution in [0.4, 0.5) is 0 Å². The zero-order valence-electron chi connectivity index (χ0n) is 6.86. The average molecular weight is 175 g/mol. The van der Waals surface area contributed by atoms with Crippen LogP contribution in [0, 0.1) is 5.92 Å². The summed E-state index contributed by atoms with van der Waals surface area (Å²) in [5.74, 6) is -0.826. The van der Waals surface area contributed by atoms with Gasteiger partial charge in [-0.2, -0.15) is 0 Å². The lowest BCUT2D eigenvalue weighted by Crippen LogP contribution is -2.27. The highest BCUT2D eigenvalue weighted by atomic mass is 16.5. The molecule has 1 heterocycles. The third kappa shape index (κ3) is 2.44. The van der Waals surface area contributed by atoms with Gasteiger partial charge in [-0.25, -0.2) is 0 Å². The van der Waals surface area contributed by atoms with Gasteiger partial charge >= 0.3 is 5.97 Å². The molecule has 1 fully saturated rings. The summed E-state index contributed by atoms with van der Waals surface area (Å²) in [5, 5.41) is 20.3. The van der Waals surface area contributed by atoms with E-state index in [0.29, 0.717) is 0 Å². The fourth-order valence-corrected chi connectivity index (χ4v) is 1.16. The molecule has 0 saturated carbocycles. The summed E-state index contributed by atoms with van der Waals surface area (Å²) >= 11 is 0. The predicted molar refractivity (Wildman–Crippen MR) is 40.1 cm³/mol. The number of carbonyl (C=O) groups excluding carboxylic acids is 1. The highest BCUT2D eigenvalue weighted by Gasteiger charge is 2.37. The monoisotopic (exact) mass is 175 g/mol. The van der Waals surface area contributed by atoms with Crippen LogP contribution >= 0.6 is 0 Å². The second-order valence-corrected chi connectivity index (χ2v) is 2.86. The Morgan fingerprint density at radius 3 is 2.67 bits per heavy atom. The van der Waals surface area contributed by atoms with Crippen LogP contribution < -0.4 is 5.32 Å². The number of hydrogen-bond donors (Lipinski definition) is 3. The molecule has 0 aliphatic carbocycles. The molecule has 5 nitrogen and oxygen atoms in total. The van der Waals surface area contributed by atoms with E-state index < -0.39 is 18.2 Å². The molecule has 0 aromatic rings. The zero-order valence-corrected chi connectivity index (χ0v) is 6.86. The van der Waals surface area contributed by atoms with Crippen molar-refractivity contribution >= 4 is 5.97 Å². The molecular formula is C7H13NO4. The molecule has 0 aromatic heterocycles. The number of nitrogens with one attached hydrogen (secondary N) is 1. The maximum absolute atomic E-state index is 11.0. The molecule has 70 valence electrons. The molecule has 1 aliphatic heterocycles. The van der Waals surface area contributed by atoms with Crippen molar-refractivity contribution in [3.63, 3.8) is 0 Å². The van der Waals surface area contributed by atoms with E-state index in [2.05, 4.69) is 10.1 Å². The van der Waals surface area contributed by atoms with E-state index in [1.165, 1.54) is 7.11 Å². The fraction of sp³-hybridized carbons (Fsp3) is 0.857. The van der Waals surface area contributed by atoms with Gasteiger partial charge in [0, 0.05) is 19.0 Å². The van der Waals surface area contributed by atoms with Gasteiger partial charge in [-0.05, 0) is 0 Å². The first-order valence-corrected chi connectivity index (χ1v) is 3.82. The Hall–Kier alpha value is -0.650. The van der Waals surface area contributed by atoms with Gasteiger partial charge < -0.3 is 20.3 Å². The fourth-order valence-electron chi connectivity index (χ4n) is 1.16. The van der Waals surface area contributed by atoms with Crippen molar-refractivity contribution in [2.45, 2.75) is 18.8 Å². The molecule has 2 atom stereocenters. The van der Waals surface area contributed by atoms with Crippen molar-refractivity contribution in [1.82, 2.24) is 5.32 Å². The Labute approximate surface area is 70.3 Å². The van der Waals surface area contributed by atoms with Crippen molar-refractivity contribution in [2.75, 3.05) is 13.7 Å². The molecule has 1 aliphatic rings. The van der Waals surface area contributed by atoms with E-state index >= 15 is 0 Å². The lowest BCUT2D eigenvalue weighted by Gasteiger charge is -2.13. The second-order valence-electron chi connectivity index (χ2n) is 2.86. The number of ether oxygens (including phenoxy) is 1. The summed E-state index contributed by atoms with van der Waals surface area (Å²) < 4.78 is 4.51. The van der Waals surface area contributed by atoms with Gasteiger partial charge in [-0.15, -0.1) is 0 Å². The van der Waals surface area contributed by atoms with Crippen LogP contribution in [0.2, 0.25) is 0 Å². The third-order valence-corrected chi connectivity index (χ3v) is 1.89.